The SMILES string of the molecule is [B]1c2c(cc3ccccc3c2-c2c(Nc3cccc4sc5ccccc5c34)ccc3sc4ccccc4c23)-n2c3ccc4ccccc4c3c3cccc1c32. The van der Waals surface area contributed by atoms with Gasteiger partial charge >= 0.3 is 0 Å². The highest BCUT2D eigenvalue weighted by atomic mass is 32.1. The van der Waals surface area contributed by atoms with E-state index in [-0.39, 0.29) is 0 Å². The molecule has 12 aromatic rings. The Morgan fingerprint density at radius 1 is 0.436 bits per heavy atom. The van der Waals surface area contributed by atoms with Gasteiger partial charge in [-0.3, -0.25) is 0 Å². The van der Waals surface area contributed by atoms with E-state index in [0.717, 1.165) is 11.4 Å². The molecule has 0 bridgehead atoms. The lowest BCUT2D eigenvalue weighted by Gasteiger charge is -2.26. The maximum Gasteiger partial charge on any atom is 0.197 e. The van der Waals surface area contributed by atoms with Crippen LogP contribution >= 0.6 is 22.7 Å². The number of hydrogen-bond donors (Lipinski definition) is 1. The van der Waals surface area contributed by atoms with Crippen molar-refractivity contribution in [2.24, 2.45) is 0 Å². The van der Waals surface area contributed by atoms with Crippen LogP contribution in [0.3, 0.4) is 0 Å². The van der Waals surface area contributed by atoms with Gasteiger partial charge in [0.05, 0.1) is 5.52 Å². The van der Waals surface area contributed by atoms with Gasteiger partial charge in [-0.2, -0.15) is 0 Å². The van der Waals surface area contributed by atoms with E-state index in [1.165, 1.54) is 111 Å². The largest absolute Gasteiger partial charge is 0.354 e. The third-order valence-corrected chi connectivity index (χ3v) is 14.1. The minimum atomic E-state index is 1.11. The summed E-state index contributed by atoms with van der Waals surface area (Å²) in [6, 6.07) is 60.7. The Morgan fingerprint density at radius 3 is 1.93 bits per heavy atom. The summed E-state index contributed by atoms with van der Waals surface area (Å²) in [6.07, 6.45) is 0. The molecular weight excluding hydrogens is 704 g/mol. The van der Waals surface area contributed by atoms with Crippen LogP contribution in [0.25, 0.3) is 101 Å². The van der Waals surface area contributed by atoms with E-state index < -0.39 is 0 Å². The summed E-state index contributed by atoms with van der Waals surface area (Å²) in [5.74, 6) is 0. The molecule has 5 heteroatoms. The van der Waals surface area contributed by atoms with Gasteiger partial charge in [-0.05, 0) is 81.1 Å². The highest BCUT2D eigenvalue weighted by Crippen LogP contribution is 2.48. The molecule has 1 radical (unpaired) electrons. The summed E-state index contributed by atoms with van der Waals surface area (Å²) in [5, 5.41) is 16.9. The lowest BCUT2D eigenvalue weighted by atomic mass is 9.58. The minimum absolute atomic E-state index is 1.11. The van der Waals surface area contributed by atoms with Crippen LogP contribution in [0.2, 0.25) is 0 Å². The van der Waals surface area contributed by atoms with Crippen molar-refractivity contribution in [1.29, 1.82) is 0 Å². The molecule has 9 aromatic carbocycles. The number of hydrogen-bond acceptors (Lipinski definition) is 3. The van der Waals surface area contributed by atoms with E-state index in [0.29, 0.717) is 0 Å². The van der Waals surface area contributed by atoms with E-state index in [2.05, 4.69) is 181 Å². The third kappa shape index (κ3) is 4.09. The average molecular weight is 732 g/mol. The van der Waals surface area contributed by atoms with Crippen molar-refractivity contribution in [3.63, 3.8) is 0 Å². The second-order valence-corrected chi connectivity index (χ2v) is 16.8. The van der Waals surface area contributed by atoms with Gasteiger partial charge in [-0.15, -0.1) is 22.7 Å². The first-order valence-electron chi connectivity index (χ1n) is 18.8. The second kappa shape index (κ2) is 11.1. The third-order valence-electron chi connectivity index (χ3n) is 11.8. The predicted octanol–water partition coefficient (Wildman–Crippen LogP) is 13.2. The van der Waals surface area contributed by atoms with Crippen molar-refractivity contribution >= 4 is 136 Å². The summed E-state index contributed by atoms with van der Waals surface area (Å²) in [4.78, 5) is 0. The number of anilines is 2. The van der Waals surface area contributed by atoms with Crippen LogP contribution in [0.1, 0.15) is 0 Å². The molecule has 13 rings (SSSR count). The molecule has 253 valence electrons. The number of para-hydroxylation sites is 1. The fraction of sp³-hybridized carbons (Fsp3) is 0. The minimum Gasteiger partial charge on any atom is -0.354 e. The Balaban J connectivity index is 1.18. The molecule has 1 aliphatic heterocycles. The standard InChI is InChI=1S/C50H28BN2S2/c1-3-13-30-28(11-1)23-25-38-44(30)34-17-9-18-35-50(34)53(38)39-27-29-12-2-4-14-31(29)47(49(39)51-35)48-37(24-26-43-46(48)33-16-6-8-21-41(33)55-43)52-36-19-10-22-42-45(36)32-15-5-7-20-40(32)54-42/h1-27,52H. The first-order chi connectivity index (χ1) is 27.3. The van der Waals surface area contributed by atoms with Gasteiger partial charge in [0, 0.05) is 79.3 Å². The highest BCUT2D eigenvalue weighted by Gasteiger charge is 2.29. The number of benzene rings is 9. The Hall–Kier alpha value is -6.40. The molecule has 0 aliphatic carbocycles. The number of nitrogens with zero attached hydrogens (tertiary/aromatic N) is 1. The summed E-state index contributed by atoms with van der Waals surface area (Å²) in [7, 11) is 2.46. The van der Waals surface area contributed by atoms with Crippen LogP contribution < -0.4 is 16.2 Å². The molecule has 2 nitrogen and oxygen atoms in total. The normalized spacial score (nSPS) is 12.5. The Bertz CT molecular complexity index is 3620. The fourth-order valence-corrected chi connectivity index (χ4v) is 11.8. The van der Waals surface area contributed by atoms with Gasteiger partial charge in [0.1, 0.15) is 0 Å². The first-order valence-corrected chi connectivity index (χ1v) is 20.4. The molecule has 55 heavy (non-hydrogen) atoms. The van der Waals surface area contributed by atoms with E-state index in [1.54, 1.807) is 0 Å². The van der Waals surface area contributed by atoms with E-state index >= 15 is 0 Å². The van der Waals surface area contributed by atoms with Crippen molar-refractivity contribution < 1.29 is 0 Å². The van der Waals surface area contributed by atoms with Crippen LogP contribution in [0.15, 0.2) is 164 Å². The molecular formula is C50H28BN2S2. The zero-order chi connectivity index (χ0) is 35.8. The van der Waals surface area contributed by atoms with Gasteiger partial charge < -0.3 is 9.88 Å². The highest BCUT2D eigenvalue weighted by molar-refractivity contribution is 7.26. The summed E-state index contributed by atoms with van der Waals surface area (Å²) in [5.41, 5.74) is 11.0. The predicted molar refractivity (Wildman–Crippen MR) is 242 cm³/mol. The van der Waals surface area contributed by atoms with Gasteiger partial charge in [0.2, 0.25) is 0 Å². The molecule has 0 amide bonds. The van der Waals surface area contributed by atoms with Crippen molar-refractivity contribution in [3.05, 3.63) is 164 Å². The van der Waals surface area contributed by atoms with Gasteiger partial charge in [-0.25, -0.2) is 0 Å². The van der Waals surface area contributed by atoms with Crippen LogP contribution in [0.5, 0.6) is 0 Å². The van der Waals surface area contributed by atoms with Crippen molar-refractivity contribution in [3.8, 4) is 16.8 Å². The van der Waals surface area contributed by atoms with Crippen molar-refractivity contribution in [2.75, 3.05) is 5.32 Å². The Morgan fingerprint density at radius 2 is 1.09 bits per heavy atom. The fourth-order valence-electron chi connectivity index (χ4n) is 9.54. The van der Waals surface area contributed by atoms with Gasteiger partial charge in [0.25, 0.3) is 0 Å². The molecule has 0 unspecified atom stereocenters. The maximum absolute atomic E-state index is 4.08. The molecule has 4 heterocycles. The average Bonchev–Trinajstić information content (AvgIpc) is 3.92. The molecule has 1 N–H and O–H groups in total. The number of aromatic nitrogens is 1. The quantitative estimate of drug-likeness (QED) is 0.179. The number of thiophene rings is 2. The zero-order valence-electron chi connectivity index (χ0n) is 29.4. The van der Waals surface area contributed by atoms with E-state index in [9.17, 15) is 0 Å². The molecule has 0 saturated heterocycles. The topological polar surface area (TPSA) is 17.0 Å². The van der Waals surface area contributed by atoms with Crippen LogP contribution in [0, 0.1) is 0 Å². The van der Waals surface area contributed by atoms with Crippen molar-refractivity contribution in [2.45, 2.75) is 0 Å². The van der Waals surface area contributed by atoms with Crippen LogP contribution in [-0.4, -0.2) is 11.8 Å². The molecule has 0 spiro atoms. The molecule has 1 aliphatic rings. The van der Waals surface area contributed by atoms with Crippen LogP contribution in [-0.2, 0) is 0 Å². The number of rotatable bonds is 3. The van der Waals surface area contributed by atoms with Crippen molar-refractivity contribution in [1.82, 2.24) is 4.57 Å². The van der Waals surface area contributed by atoms with Crippen LogP contribution in [0.4, 0.5) is 11.4 Å². The summed E-state index contributed by atoms with van der Waals surface area (Å²) >= 11 is 3.74. The smallest absolute Gasteiger partial charge is 0.197 e. The zero-order valence-corrected chi connectivity index (χ0v) is 31.1. The second-order valence-electron chi connectivity index (χ2n) is 14.7. The Labute approximate surface area is 324 Å². The molecule has 0 saturated carbocycles. The van der Waals surface area contributed by atoms with E-state index in [4.69, 9.17) is 0 Å². The van der Waals surface area contributed by atoms with Gasteiger partial charge in [0.15, 0.2) is 7.28 Å². The maximum atomic E-state index is 4.08. The molecule has 0 fully saturated rings. The monoisotopic (exact) mass is 731 g/mol. The lowest BCUT2D eigenvalue weighted by molar-refractivity contribution is 1.20. The molecule has 0 atom stereocenters. The van der Waals surface area contributed by atoms with E-state index in [1.807, 2.05) is 22.7 Å². The lowest BCUT2D eigenvalue weighted by Crippen LogP contribution is -2.37. The number of nitrogens with one attached hydrogen (secondary N) is 1. The summed E-state index contributed by atoms with van der Waals surface area (Å²) in [6.45, 7) is 0. The Kier molecular flexibility index (Phi) is 6.04. The van der Waals surface area contributed by atoms with Gasteiger partial charge in [-0.1, -0.05) is 121 Å². The first kappa shape index (κ1) is 30.0. The summed E-state index contributed by atoms with van der Waals surface area (Å²) < 4.78 is 7.74. The number of fused-ring (bicyclic) bond motifs is 14. The molecule has 3 aromatic heterocycles.